The fourth-order valence-electron chi connectivity index (χ4n) is 5.59. The van der Waals surface area contributed by atoms with Crippen LogP contribution in [0.5, 0.6) is 6.01 Å². The number of carbonyl (C=O) groups excluding carboxylic acids is 1. The van der Waals surface area contributed by atoms with Crippen LogP contribution in [0.25, 0.3) is 22.2 Å². The predicted molar refractivity (Wildman–Crippen MR) is 173 cm³/mol. The Morgan fingerprint density at radius 2 is 1.93 bits per heavy atom. The Labute approximate surface area is 260 Å². The first-order chi connectivity index (χ1) is 21.8. The average molecular weight is 608 g/mol. The minimum absolute atomic E-state index is 0.0687. The summed E-state index contributed by atoms with van der Waals surface area (Å²) in [5, 5.41) is 15.1. The van der Waals surface area contributed by atoms with Crippen molar-refractivity contribution >= 4 is 40.1 Å². The second-order valence-corrected chi connectivity index (χ2v) is 12.0. The number of likely N-dealkylation sites (tertiary alicyclic amines) is 1. The number of benzene rings is 1. The number of aromatic nitrogens is 7. The standard InChI is InChI=1S/C32H37N11O2/c1-18-13-34-31(38-26-12-20(3)42(4)41-26)39-28(18)24-15-33-29-23(24)6-5-7-25(29)37-27(44)17-43-11-10-22(16-43)45-32-35-14-19(2)30(40-32)36-21-8-9-21/h5-7,12-15,21-22,33H,8-11,16-17H2,1-4H3,(H,37,44)(H,35,36,40)(H,34,38,39,41). The molecule has 5 aromatic rings. The van der Waals surface area contributed by atoms with Crippen LogP contribution < -0.4 is 20.7 Å². The third kappa shape index (κ3) is 6.29. The Bertz CT molecular complexity index is 1860. The predicted octanol–water partition coefficient (Wildman–Crippen LogP) is 4.48. The monoisotopic (exact) mass is 607 g/mol. The van der Waals surface area contributed by atoms with E-state index in [1.54, 1.807) is 17.1 Å². The van der Waals surface area contributed by atoms with Crippen LogP contribution in [0.1, 0.15) is 36.1 Å². The van der Waals surface area contributed by atoms with Gasteiger partial charge in [-0.1, -0.05) is 12.1 Å². The van der Waals surface area contributed by atoms with Crippen molar-refractivity contribution in [2.75, 3.05) is 35.6 Å². The SMILES string of the molecule is Cc1cnc(OC2CCN(CC(=O)Nc3cccc4c(-c5nc(Nc6cc(C)n(C)n6)ncc5C)c[nH]c34)C2)nc1NC1CC1. The van der Waals surface area contributed by atoms with Gasteiger partial charge in [0.2, 0.25) is 11.9 Å². The molecule has 1 atom stereocenters. The molecule has 1 amide bonds. The van der Waals surface area contributed by atoms with Crippen molar-refractivity contribution in [1.82, 2.24) is 39.6 Å². The number of aromatic amines is 1. The summed E-state index contributed by atoms with van der Waals surface area (Å²) in [5.74, 6) is 1.90. The van der Waals surface area contributed by atoms with Crippen molar-refractivity contribution in [2.24, 2.45) is 7.05 Å². The first kappa shape index (κ1) is 28.7. The molecular formula is C32H37N11O2. The molecule has 7 rings (SSSR count). The van der Waals surface area contributed by atoms with E-state index in [2.05, 4.69) is 45.9 Å². The minimum atomic E-state index is -0.0860. The maximum atomic E-state index is 13.2. The van der Waals surface area contributed by atoms with Crippen molar-refractivity contribution in [3.8, 4) is 17.3 Å². The van der Waals surface area contributed by atoms with Gasteiger partial charge in [-0.15, -0.1) is 0 Å². The molecule has 0 bridgehead atoms. The molecule has 2 fully saturated rings. The second kappa shape index (κ2) is 11.8. The average Bonchev–Trinajstić information content (AvgIpc) is 3.39. The van der Waals surface area contributed by atoms with E-state index in [1.165, 1.54) is 12.8 Å². The van der Waals surface area contributed by atoms with Crippen LogP contribution in [0, 0.1) is 20.8 Å². The van der Waals surface area contributed by atoms with Crippen molar-refractivity contribution in [2.45, 2.75) is 52.2 Å². The van der Waals surface area contributed by atoms with E-state index in [-0.39, 0.29) is 18.6 Å². The topological polar surface area (TPSA) is 151 Å². The van der Waals surface area contributed by atoms with E-state index in [0.717, 1.165) is 57.8 Å². The molecule has 45 heavy (non-hydrogen) atoms. The highest BCUT2D eigenvalue weighted by molar-refractivity contribution is 6.06. The highest BCUT2D eigenvalue weighted by Gasteiger charge is 2.27. The maximum Gasteiger partial charge on any atom is 0.318 e. The molecule has 4 aromatic heterocycles. The third-order valence-corrected chi connectivity index (χ3v) is 8.31. The molecule has 1 unspecified atom stereocenters. The number of anilines is 4. The number of rotatable bonds is 10. The highest BCUT2D eigenvalue weighted by atomic mass is 16.5. The number of carbonyl (C=O) groups is 1. The molecule has 1 saturated carbocycles. The second-order valence-electron chi connectivity index (χ2n) is 12.0. The smallest absolute Gasteiger partial charge is 0.318 e. The Morgan fingerprint density at radius 3 is 2.73 bits per heavy atom. The zero-order valence-corrected chi connectivity index (χ0v) is 25.9. The molecule has 2 aliphatic rings. The van der Waals surface area contributed by atoms with Crippen LogP contribution in [0.2, 0.25) is 0 Å². The van der Waals surface area contributed by atoms with Crippen LogP contribution in [0.3, 0.4) is 0 Å². The van der Waals surface area contributed by atoms with Crippen LogP contribution in [-0.2, 0) is 11.8 Å². The first-order valence-electron chi connectivity index (χ1n) is 15.3. The Morgan fingerprint density at radius 1 is 1.09 bits per heavy atom. The molecule has 5 heterocycles. The summed E-state index contributed by atoms with van der Waals surface area (Å²) in [5.41, 5.74) is 6.25. The number of hydrogen-bond donors (Lipinski definition) is 4. The molecular weight excluding hydrogens is 570 g/mol. The van der Waals surface area contributed by atoms with Crippen molar-refractivity contribution < 1.29 is 9.53 Å². The fraction of sp³-hybridized carbons (Fsp3) is 0.375. The zero-order chi connectivity index (χ0) is 31.1. The van der Waals surface area contributed by atoms with Crippen molar-refractivity contribution in [3.63, 3.8) is 0 Å². The zero-order valence-electron chi connectivity index (χ0n) is 25.9. The number of fused-ring (bicyclic) bond motifs is 1. The summed E-state index contributed by atoms with van der Waals surface area (Å²) in [7, 11) is 1.89. The van der Waals surface area contributed by atoms with Gasteiger partial charge in [0.05, 0.1) is 23.4 Å². The molecule has 232 valence electrons. The van der Waals surface area contributed by atoms with E-state index >= 15 is 0 Å². The van der Waals surface area contributed by atoms with Gasteiger partial charge in [-0.25, -0.2) is 15.0 Å². The summed E-state index contributed by atoms with van der Waals surface area (Å²) in [6.07, 6.45) is 8.60. The number of ether oxygens (including phenoxy) is 1. The van der Waals surface area contributed by atoms with Gasteiger partial charge in [0.1, 0.15) is 11.9 Å². The lowest BCUT2D eigenvalue weighted by molar-refractivity contribution is -0.117. The van der Waals surface area contributed by atoms with Crippen molar-refractivity contribution in [1.29, 1.82) is 0 Å². The van der Waals surface area contributed by atoms with Crippen LogP contribution in [-0.4, -0.2) is 77.3 Å². The van der Waals surface area contributed by atoms with Crippen LogP contribution in [0.15, 0.2) is 42.9 Å². The van der Waals surface area contributed by atoms with Crippen LogP contribution >= 0.6 is 0 Å². The molecule has 1 aliphatic carbocycles. The lowest BCUT2D eigenvalue weighted by Crippen LogP contribution is -2.33. The quantitative estimate of drug-likeness (QED) is 0.179. The lowest BCUT2D eigenvalue weighted by Gasteiger charge is -2.17. The van der Waals surface area contributed by atoms with Gasteiger partial charge < -0.3 is 25.7 Å². The minimum Gasteiger partial charge on any atom is -0.459 e. The van der Waals surface area contributed by atoms with Gasteiger partial charge in [0, 0.05) is 73.0 Å². The van der Waals surface area contributed by atoms with E-state index < -0.39 is 0 Å². The molecule has 1 aromatic carbocycles. The van der Waals surface area contributed by atoms with Gasteiger partial charge in [-0.2, -0.15) is 10.1 Å². The number of hydrogen-bond acceptors (Lipinski definition) is 10. The fourth-order valence-corrected chi connectivity index (χ4v) is 5.59. The van der Waals surface area contributed by atoms with E-state index in [0.29, 0.717) is 36.1 Å². The molecule has 13 nitrogen and oxygen atoms in total. The summed E-state index contributed by atoms with van der Waals surface area (Å²) in [4.78, 5) is 36.8. The number of nitrogens with one attached hydrogen (secondary N) is 4. The normalized spacial score (nSPS) is 16.7. The summed E-state index contributed by atoms with van der Waals surface area (Å²) in [6, 6.07) is 8.69. The molecule has 0 spiro atoms. The maximum absolute atomic E-state index is 13.2. The molecule has 13 heteroatoms. The Hall–Kier alpha value is -5.04. The number of para-hydroxylation sites is 1. The lowest BCUT2D eigenvalue weighted by atomic mass is 10.1. The Kier molecular flexibility index (Phi) is 7.53. The number of aryl methyl sites for hydroxylation is 4. The van der Waals surface area contributed by atoms with Crippen molar-refractivity contribution in [3.05, 3.63) is 59.7 Å². The number of amides is 1. The van der Waals surface area contributed by atoms with Gasteiger partial charge >= 0.3 is 6.01 Å². The molecule has 1 aliphatic heterocycles. The molecule has 1 saturated heterocycles. The van der Waals surface area contributed by atoms with E-state index in [9.17, 15) is 4.79 Å². The van der Waals surface area contributed by atoms with Gasteiger partial charge in [-0.05, 0) is 51.7 Å². The summed E-state index contributed by atoms with van der Waals surface area (Å²) >= 11 is 0. The van der Waals surface area contributed by atoms with E-state index in [4.69, 9.17) is 9.72 Å². The number of nitrogens with zero attached hydrogens (tertiary/aromatic N) is 7. The summed E-state index contributed by atoms with van der Waals surface area (Å²) < 4.78 is 7.90. The molecule has 4 N–H and O–H groups in total. The molecule has 0 radical (unpaired) electrons. The van der Waals surface area contributed by atoms with Crippen LogP contribution in [0.4, 0.5) is 23.3 Å². The largest absolute Gasteiger partial charge is 0.459 e. The van der Waals surface area contributed by atoms with E-state index in [1.807, 2.05) is 58.3 Å². The van der Waals surface area contributed by atoms with Gasteiger partial charge in [0.25, 0.3) is 0 Å². The summed E-state index contributed by atoms with van der Waals surface area (Å²) in [6.45, 7) is 7.62. The highest BCUT2D eigenvalue weighted by Crippen LogP contribution is 2.34. The number of H-pyrrole nitrogens is 1. The van der Waals surface area contributed by atoms with Gasteiger partial charge in [0.15, 0.2) is 5.82 Å². The third-order valence-electron chi connectivity index (χ3n) is 8.31. The first-order valence-corrected chi connectivity index (χ1v) is 15.3. The van der Waals surface area contributed by atoms with Gasteiger partial charge in [-0.3, -0.25) is 14.4 Å². The Balaban J connectivity index is 1.00.